The first kappa shape index (κ1) is 53.8. The lowest BCUT2D eigenvalue weighted by Crippen LogP contribution is -2.49. The maximum Gasteiger partial charge on any atom is 0.218 e. The molecule has 0 spiro atoms. The van der Waals surface area contributed by atoms with Crippen LogP contribution in [0.4, 0.5) is 0 Å². The van der Waals surface area contributed by atoms with Crippen LogP contribution in [0.1, 0.15) is 219 Å². The topological polar surface area (TPSA) is 170 Å². The lowest BCUT2D eigenvalue weighted by Gasteiger charge is -2.32. The van der Waals surface area contributed by atoms with Crippen molar-refractivity contribution >= 4 is 20.0 Å². The first-order chi connectivity index (χ1) is 27.1. The SMILES string of the molecule is CC(C(C)S(=O)(=O)N(CCCCCCCCCC#N)CCCCCCCCCC#N)S(=O)(=O)N(CCCCCCCCCC#N)CCCCCCCCCC#N. The molecule has 0 aliphatic carbocycles. The molecule has 322 valence electrons. The van der Waals surface area contributed by atoms with Gasteiger partial charge in [0.2, 0.25) is 20.0 Å². The molecular weight excluding hydrogens is 741 g/mol. The number of sulfonamides is 2. The maximum atomic E-state index is 14.3. The van der Waals surface area contributed by atoms with Crippen LogP contribution < -0.4 is 0 Å². The molecule has 2 atom stereocenters. The molecule has 0 aromatic heterocycles. The quantitative estimate of drug-likeness (QED) is 0.0549. The number of hydrogen-bond acceptors (Lipinski definition) is 8. The number of hydrogen-bond donors (Lipinski definition) is 0. The third kappa shape index (κ3) is 27.4. The third-order valence-corrected chi connectivity index (χ3v) is 16.1. The zero-order valence-electron chi connectivity index (χ0n) is 35.7. The van der Waals surface area contributed by atoms with E-state index in [0.29, 0.717) is 51.9 Å². The van der Waals surface area contributed by atoms with Gasteiger partial charge in [-0.3, -0.25) is 0 Å². The van der Waals surface area contributed by atoms with Crippen molar-refractivity contribution in [2.45, 2.75) is 230 Å². The zero-order valence-corrected chi connectivity index (χ0v) is 37.4. The fourth-order valence-electron chi connectivity index (χ4n) is 7.19. The average Bonchev–Trinajstić information content (AvgIpc) is 3.18. The van der Waals surface area contributed by atoms with E-state index in [0.717, 1.165) is 180 Å². The Bertz CT molecular complexity index is 1160. The van der Waals surface area contributed by atoms with Crippen molar-refractivity contribution in [3.8, 4) is 24.3 Å². The largest absolute Gasteiger partial charge is 0.218 e. The molecular formula is C44H80N6O4S2. The Morgan fingerprint density at radius 2 is 0.482 bits per heavy atom. The van der Waals surface area contributed by atoms with E-state index in [-0.39, 0.29) is 0 Å². The first-order valence-corrected chi connectivity index (χ1v) is 25.6. The lowest BCUT2D eigenvalue weighted by atomic mass is 10.1. The Morgan fingerprint density at radius 3 is 0.661 bits per heavy atom. The molecule has 0 heterocycles. The Morgan fingerprint density at radius 1 is 0.321 bits per heavy atom. The first-order valence-electron chi connectivity index (χ1n) is 22.6. The molecule has 0 saturated heterocycles. The summed E-state index contributed by atoms with van der Waals surface area (Å²) in [6.07, 6.45) is 29.6. The normalized spacial score (nSPS) is 12.9. The van der Waals surface area contributed by atoms with E-state index in [2.05, 4.69) is 24.3 Å². The number of rotatable bonds is 41. The van der Waals surface area contributed by atoms with Gasteiger partial charge in [0.25, 0.3) is 0 Å². The van der Waals surface area contributed by atoms with Gasteiger partial charge in [-0.05, 0) is 65.2 Å². The van der Waals surface area contributed by atoms with Crippen molar-refractivity contribution in [1.29, 1.82) is 21.0 Å². The van der Waals surface area contributed by atoms with Gasteiger partial charge in [-0.15, -0.1) is 0 Å². The molecule has 10 nitrogen and oxygen atoms in total. The summed E-state index contributed by atoms with van der Waals surface area (Å²) in [4.78, 5) is 0. The molecule has 0 amide bonds. The molecule has 0 aliphatic heterocycles. The molecule has 56 heavy (non-hydrogen) atoms. The minimum Gasteiger partial charge on any atom is -0.212 e. The smallest absolute Gasteiger partial charge is 0.212 e. The second kappa shape index (κ2) is 37.1. The summed E-state index contributed by atoms with van der Waals surface area (Å²) < 4.78 is 60.3. The highest BCUT2D eigenvalue weighted by Crippen LogP contribution is 2.24. The average molecular weight is 821 g/mol. The fraction of sp³-hybridized carbons (Fsp3) is 0.909. The van der Waals surface area contributed by atoms with Gasteiger partial charge in [0.05, 0.1) is 34.8 Å². The molecule has 0 rings (SSSR count). The number of nitrogens with zero attached hydrogens (tertiary/aromatic N) is 6. The minimum absolute atomic E-state index is 0.402. The van der Waals surface area contributed by atoms with Gasteiger partial charge in [0, 0.05) is 51.9 Å². The van der Waals surface area contributed by atoms with Gasteiger partial charge in [0.15, 0.2) is 0 Å². The Balaban J connectivity index is 5.56. The lowest BCUT2D eigenvalue weighted by molar-refractivity contribution is 0.368. The van der Waals surface area contributed by atoms with Crippen LogP contribution in [0.25, 0.3) is 0 Å². The van der Waals surface area contributed by atoms with Gasteiger partial charge >= 0.3 is 0 Å². The van der Waals surface area contributed by atoms with E-state index in [1.54, 1.807) is 22.5 Å². The van der Waals surface area contributed by atoms with Gasteiger partial charge in [-0.2, -0.15) is 21.0 Å². The molecule has 0 saturated carbocycles. The highest BCUT2D eigenvalue weighted by molar-refractivity contribution is 7.93. The summed E-state index contributed by atoms with van der Waals surface area (Å²) >= 11 is 0. The van der Waals surface area contributed by atoms with Crippen molar-refractivity contribution in [3.63, 3.8) is 0 Å². The van der Waals surface area contributed by atoms with Crippen molar-refractivity contribution in [2.24, 2.45) is 0 Å². The van der Waals surface area contributed by atoms with Crippen molar-refractivity contribution < 1.29 is 16.8 Å². The Hall–Kier alpha value is -2.22. The molecule has 0 aromatic carbocycles. The summed E-state index contributed by atoms with van der Waals surface area (Å²) in [5, 5.41) is 32.9. The van der Waals surface area contributed by atoms with Gasteiger partial charge in [0.1, 0.15) is 0 Å². The van der Waals surface area contributed by atoms with Crippen molar-refractivity contribution in [3.05, 3.63) is 0 Å². The standard InChI is InChI=1S/C44H80N6O4S2/c1-43(55(51,52)49(39-31-23-15-7-3-11-19-27-35-45)40-32-24-16-8-4-12-20-28-36-46)44(2)56(53,54)50(41-33-25-17-9-5-13-21-29-37-47)42-34-26-18-10-6-14-22-30-38-48/h43-44H,3-34,39-42H2,1-2H3. The Kier molecular flexibility index (Phi) is 35.6. The van der Waals surface area contributed by atoms with E-state index in [4.69, 9.17) is 21.0 Å². The minimum atomic E-state index is -3.89. The van der Waals surface area contributed by atoms with E-state index >= 15 is 0 Å². The second-order valence-corrected chi connectivity index (χ2v) is 20.4. The van der Waals surface area contributed by atoms with E-state index in [1.165, 1.54) is 0 Å². The second-order valence-electron chi connectivity index (χ2n) is 15.8. The van der Waals surface area contributed by atoms with Crippen LogP contribution in [0, 0.1) is 45.3 Å². The van der Waals surface area contributed by atoms with E-state index in [9.17, 15) is 16.8 Å². The van der Waals surface area contributed by atoms with Gasteiger partial charge in [-0.25, -0.2) is 25.4 Å². The van der Waals surface area contributed by atoms with Gasteiger partial charge < -0.3 is 0 Å². The van der Waals surface area contributed by atoms with Crippen LogP contribution in [0.15, 0.2) is 0 Å². The monoisotopic (exact) mass is 821 g/mol. The number of unbranched alkanes of at least 4 members (excludes halogenated alkanes) is 28. The van der Waals surface area contributed by atoms with Crippen LogP contribution in [0.5, 0.6) is 0 Å². The molecule has 0 aromatic rings. The van der Waals surface area contributed by atoms with Crippen molar-refractivity contribution in [2.75, 3.05) is 26.2 Å². The number of nitriles is 4. The van der Waals surface area contributed by atoms with Crippen LogP contribution >= 0.6 is 0 Å². The summed E-state index contributed by atoms with van der Waals surface area (Å²) in [6, 6.07) is 8.77. The third-order valence-electron chi connectivity index (χ3n) is 11.1. The van der Waals surface area contributed by atoms with E-state index in [1.807, 2.05) is 0 Å². The molecule has 0 aliphatic rings. The predicted octanol–water partition coefficient (Wildman–Crippen LogP) is 11.6. The summed E-state index contributed by atoms with van der Waals surface area (Å²) in [5.41, 5.74) is 0. The fourth-order valence-corrected chi connectivity index (χ4v) is 11.5. The summed E-state index contributed by atoms with van der Waals surface area (Å²) in [7, 11) is -7.78. The molecule has 12 heteroatoms. The van der Waals surface area contributed by atoms with Crippen LogP contribution in [0.3, 0.4) is 0 Å². The summed E-state index contributed by atoms with van der Waals surface area (Å²) in [6.45, 7) is 4.78. The van der Waals surface area contributed by atoms with Crippen LogP contribution in [0.2, 0.25) is 0 Å². The molecule has 2 unspecified atom stereocenters. The Labute approximate surface area is 345 Å². The molecule has 0 N–H and O–H groups in total. The predicted molar refractivity (Wildman–Crippen MR) is 230 cm³/mol. The van der Waals surface area contributed by atoms with Crippen LogP contribution in [-0.2, 0) is 20.0 Å². The summed E-state index contributed by atoms with van der Waals surface area (Å²) in [5.74, 6) is 0. The zero-order chi connectivity index (χ0) is 41.6. The van der Waals surface area contributed by atoms with Gasteiger partial charge in [-0.1, -0.05) is 128 Å². The highest BCUT2D eigenvalue weighted by atomic mass is 32.2. The molecule has 0 bridgehead atoms. The van der Waals surface area contributed by atoms with E-state index < -0.39 is 30.5 Å². The maximum absolute atomic E-state index is 14.3. The molecule has 0 radical (unpaired) electrons. The highest BCUT2D eigenvalue weighted by Gasteiger charge is 2.40. The van der Waals surface area contributed by atoms with Crippen molar-refractivity contribution in [1.82, 2.24) is 8.61 Å². The van der Waals surface area contributed by atoms with Crippen LogP contribution in [-0.4, -0.2) is 62.1 Å². The molecule has 0 fully saturated rings.